The van der Waals surface area contributed by atoms with Crippen LogP contribution in [-0.4, -0.2) is 37.2 Å². The lowest BCUT2D eigenvalue weighted by atomic mass is 10.1. The zero-order valence-corrected chi connectivity index (χ0v) is 36.2. The minimum Gasteiger partial charge on any atom is -0.462 e. The van der Waals surface area contributed by atoms with Crippen LogP contribution in [0.2, 0.25) is 0 Å². The number of esters is 3. The molecule has 0 amide bonds. The Balaban J connectivity index is 4.39. The van der Waals surface area contributed by atoms with E-state index in [1.807, 2.05) is 0 Å². The fraction of sp³-hybridized carbons (Fsp3) is 0.776. The highest BCUT2D eigenvalue weighted by molar-refractivity contribution is 5.71. The Morgan fingerprint density at radius 3 is 1.15 bits per heavy atom. The van der Waals surface area contributed by atoms with Crippen LogP contribution in [0, 0.1) is 0 Å². The van der Waals surface area contributed by atoms with Gasteiger partial charge >= 0.3 is 17.9 Å². The lowest BCUT2D eigenvalue weighted by Crippen LogP contribution is -2.30. The molecule has 0 saturated carbocycles. The molecule has 0 aromatic rings. The van der Waals surface area contributed by atoms with Crippen molar-refractivity contribution in [2.24, 2.45) is 0 Å². The van der Waals surface area contributed by atoms with Crippen molar-refractivity contribution in [1.82, 2.24) is 0 Å². The summed E-state index contributed by atoms with van der Waals surface area (Å²) in [5.74, 6) is -0.910. The van der Waals surface area contributed by atoms with E-state index in [0.29, 0.717) is 19.3 Å². The van der Waals surface area contributed by atoms with Crippen LogP contribution in [0.4, 0.5) is 0 Å². The van der Waals surface area contributed by atoms with E-state index >= 15 is 0 Å². The van der Waals surface area contributed by atoms with Crippen molar-refractivity contribution >= 4 is 17.9 Å². The molecule has 0 aliphatic carbocycles. The van der Waals surface area contributed by atoms with Crippen LogP contribution < -0.4 is 0 Å². The zero-order valence-electron chi connectivity index (χ0n) is 36.2. The van der Waals surface area contributed by atoms with E-state index in [1.54, 1.807) is 0 Å². The largest absolute Gasteiger partial charge is 0.462 e. The van der Waals surface area contributed by atoms with E-state index in [4.69, 9.17) is 14.2 Å². The highest BCUT2D eigenvalue weighted by atomic mass is 16.6. The first-order chi connectivity index (χ1) is 27.0. The topological polar surface area (TPSA) is 78.9 Å². The third-order valence-corrected chi connectivity index (χ3v) is 9.82. The molecular formula is C49H86O6. The molecule has 318 valence electrons. The Bertz CT molecular complexity index is 980. The van der Waals surface area contributed by atoms with Gasteiger partial charge in [0, 0.05) is 19.3 Å². The van der Waals surface area contributed by atoms with E-state index in [9.17, 15) is 14.4 Å². The van der Waals surface area contributed by atoms with Gasteiger partial charge in [-0.15, -0.1) is 0 Å². The second-order valence-electron chi connectivity index (χ2n) is 15.3. The Morgan fingerprint density at radius 1 is 0.382 bits per heavy atom. The van der Waals surface area contributed by atoms with Crippen LogP contribution in [0.3, 0.4) is 0 Å². The molecule has 0 bridgehead atoms. The second kappa shape index (κ2) is 44.1. The summed E-state index contributed by atoms with van der Waals surface area (Å²) in [6.45, 7) is 6.46. The second-order valence-corrected chi connectivity index (χ2v) is 15.3. The third-order valence-electron chi connectivity index (χ3n) is 9.82. The van der Waals surface area contributed by atoms with Crippen molar-refractivity contribution in [3.05, 3.63) is 48.6 Å². The number of hydrogen-bond acceptors (Lipinski definition) is 6. The first-order valence-corrected chi connectivity index (χ1v) is 23.1. The van der Waals surface area contributed by atoms with Gasteiger partial charge in [0.15, 0.2) is 6.10 Å². The summed E-state index contributed by atoms with van der Waals surface area (Å²) in [5, 5.41) is 0. The molecule has 0 radical (unpaired) electrons. The van der Waals surface area contributed by atoms with Gasteiger partial charge in [-0.3, -0.25) is 14.4 Å². The van der Waals surface area contributed by atoms with Crippen molar-refractivity contribution in [2.45, 2.75) is 232 Å². The molecule has 0 aromatic heterocycles. The van der Waals surface area contributed by atoms with Gasteiger partial charge in [-0.25, -0.2) is 0 Å². The molecule has 1 atom stereocenters. The fourth-order valence-corrected chi connectivity index (χ4v) is 6.33. The standard InChI is InChI=1S/C49H86O6/c1-4-7-10-13-16-19-21-23-24-26-27-30-33-36-39-42-48(51)54-45-46(44-53-47(50)41-38-35-32-29-18-15-12-9-6-3)55-49(52)43-40-37-34-31-28-25-22-20-17-14-11-8-5-2/h7,10,16,19-20,22-24,46H,4-6,8-9,11-15,17-18,21,25-45H2,1-3H3/b10-7-,19-16-,22-20-,24-23-/t46-/m1/s1. The van der Waals surface area contributed by atoms with Crippen molar-refractivity contribution < 1.29 is 28.6 Å². The first-order valence-electron chi connectivity index (χ1n) is 23.1. The maximum absolute atomic E-state index is 12.7. The van der Waals surface area contributed by atoms with Crippen LogP contribution in [0.15, 0.2) is 48.6 Å². The molecule has 6 nitrogen and oxygen atoms in total. The molecule has 0 saturated heterocycles. The summed E-state index contributed by atoms with van der Waals surface area (Å²) >= 11 is 0. The lowest BCUT2D eigenvalue weighted by molar-refractivity contribution is -0.167. The van der Waals surface area contributed by atoms with Gasteiger partial charge in [0.25, 0.3) is 0 Å². The summed E-state index contributed by atoms with van der Waals surface area (Å²) in [5.41, 5.74) is 0. The maximum Gasteiger partial charge on any atom is 0.306 e. The van der Waals surface area contributed by atoms with Gasteiger partial charge in [0.2, 0.25) is 0 Å². The van der Waals surface area contributed by atoms with Crippen LogP contribution in [0.5, 0.6) is 0 Å². The third kappa shape index (κ3) is 42.4. The summed E-state index contributed by atoms with van der Waals surface area (Å²) in [6, 6.07) is 0. The molecule has 0 aliphatic heterocycles. The average Bonchev–Trinajstić information content (AvgIpc) is 3.18. The van der Waals surface area contributed by atoms with Gasteiger partial charge in [0.1, 0.15) is 13.2 Å². The normalized spacial score (nSPS) is 12.4. The monoisotopic (exact) mass is 771 g/mol. The van der Waals surface area contributed by atoms with Crippen LogP contribution in [0.1, 0.15) is 226 Å². The predicted molar refractivity (Wildman–Crippen MR) is 233 cm³/mol. The zero-order chi connectivity index (χ0) is 40.1. The number of rotatable bonds is 41. The van der Waals surface area contributed by atoms with Gasteiger partial charge in [0.05, 0.1) is 0 Å². The van der Waals surface area contributed by atoms with E-state index in [0.717, 1.165) is 109 Å². The summed E-state index contributed by atoms with van der Waals surface area (Å²) < 4.78 is 16.7. The highest BCUT2D eigenvalue weighted by Crippen LogP contribution is 2.14. The molecule has 0 heterocycles. The minimum atomic E-state index is -0.779. The number of unbranched alkanes of at least 4 members (excludes halogenated alkanes) is 22. The van der Waals surface area contributed by atoms with E-state index in [2.05, 4.69) is 69.4 Å². The molecule has 0 spiro atoms. The van der Waals surface area contributed by atoms with Crippen molar-refractivity contribution in [1.29, 1.82) is 0 Å². The maximum atomic E-state index is 12.7. The number of carbonyl (C=O) groups is 3. The van der Waals surface area contributed by atoms with Crippen LogP contribution >= 0.6 is 0 Å². The molecule has 0 rings (SSSR count). The highest BCUT2D eigenvalue weighted by Gasteiger charge is 2.19. The SMILES string of the molecule is CC/C=C\C/C=C\C/C=C\CCCCCCCC(=O)OC[C@@H](COC(=O)CCCCCCCCCCC)OC(=O)CCCCCCC/C=C\CCCCCC. The Labute approximate surface area is 339 Å². The van der Waals surface area contributed by atoms with E-state index < -0.39 is 6.10 Å². The Kier molecular flexibility index (Phi) is 42.0. The quantitative estimate of drug-likeness (QED) is 0.0267. The van der Waals surface area contributed by atoms with Crippen molar-refractivity contribution in [3.63, 3.8) is 0 Å². The van der Waals surface area contributed by atoms with Crippen molar-refractivity contribution in [3.8, 4) is 0 Å². The summed E-state index contributed by atoms with van der Waals surface area (Å²) in [6.07, 6.45) is 50.9. The number of ether oxygens (including phenoxy) is 3. The molecule has 0 aromatic carbocycles. The smallest absolute Gasteiger partial charge is 0.306 e. The molecular weight excluding hydrogens is 685 g/mol. The number of hydrogen-bond donors (Lipinski definition) is 0. The molecule has 0 unspecified atom stereocenters. The fourth-order valence-electron chi connectivity index (χ4n) is 6.33. The van der Waals surface area contributed by atoms with Crippen LogP contribution in [-0.2, 0) is 28.6 Å². The van der Waals surface area contributed by atoms with Gasteiger partial charge < -0.3 is 14.2 Å². The Morgan fingerprint density at radius 2 is 0.709 bits per heavy atom. The Hall–Kier alpha value is -2.63. The molecule has 6 heteroatoms. The number of allylic oxidation sites excluding steroid dienone is 8. The minimum absolute atomic E-state index is 0.0809. The van der Waals surface area contributed by atoms with E-state index in [1.165, 1.54) is 77.0 Å². The lowest BCUT2D eigenvalue weighted by Gasteiger charge is -2.18. The first kappa shape index (κ1) is 52.4. The molecule has 0 N–H and O–H groups in total. The van der Waals surface area contributed by atoms with Gasteiger partial charge in [-0.1, -0.05) is 179 Å². The summed E-state index contributed by atoms with van der Waals surface area (Å²) in [4.78, 5) is 37.7. The average molecular weight is 771 g/mol. The van der Waals surface area contributed by atoms with Gasteiger partial charge in [-0.2, -0.15) is 0 Å². The molecule has 0 aliphatic rings. The summed E-state index contributed by atoms with van der Waals surface area (Å²) in [7, 11) is 0. The van der Waals surface area contributed by atoms with Crippen LogP contribution in [0.25, 0.3) is 0 Å². The number of carbonyl (C=O) groups excluding carboxylic acids is 3. The van der Waals surface area contributed by atoms with Crippen molar-refractivity contribution in [2.75, 3.05) is 13.2 Å². The van der Waals surface area contributed by atoms with Gasteiger partial charge in [-0.05, 0) is 77.0 Å². The molecule has 0 fully saturated rings. The van der Waals surface area contributed by atoms with E-state index in [-0.39, 0.29) is 31.1 Å². The predicted octanol–water partition coefficient (Wildman–Crippen LogP) is 14.8. The molecule has 55 heavy (non-hydrogen) atoms.